The lowest BCUT2D eigenvalue weighted by molar-refractivity contribution is 0.0728. The van der Waals surface area contributed by atoms with E-state index in [2.05, 4.69) is 30.3 Å². The summed E-state index contributed by atoms with van der Waals surface area (Å²) in [7, 11) is 0. The van der Waals surface area contributed by atoms with Crippen molar-refractivity contribution >= 4 is 5.91 Å². The number of aryl methyl sites for hydroxylation is 2. The topological polar surface area (TPSA) is 38.1 Å². The summed E-state index contributed by atoms with van der Waals surface area (Å²) >= 11 is 0. The average molecular weight is 297 g/mol. The minimum Gasteiger partial charge on any atom is -0.332 e. The summed E-state index contributed by atoms with van der Waals surface area (Å²) in [5.74, 6) is 0.116. The molecule has 1 aromatic carbocycles. The number of imidazole rings is 1. The van der Waals surface area contributed by atoms with Crippen molar-refractivity contribution in [3.63, 3.8) is 0 Å². The molecule has 2 heterocycles. The number of fused-ring (bicyclic) bond motifs is 1. The van der Waals surface area contributed by atoms with Crippen LogP contribution in [-0.2, 0) is 13.0 Å². The molecule has 0 spiro atoms. The lowest BCUT2D eigenvalue weighted by Crippen LogP contribution is -2.37. The summed E-state index contributed by atoms with van der Waals surface area (Å²) in [5, 5.41) is 0. The third-order valence-electron chi connectivity index (χ3n) is 4.54. The maximum Gasteiger partial charge on any atom is 0.254 e. The Morgan fingerprint density at radius 1 is 1.23 bits per heavy atom. The molecule has 0 saturated heterocycles. The summed E-state index contributed by atoms with van der Waals surface area (Å²) < 4.78 is 2.18. The van der Waals surface area contributed by atoms with E-state index >= 15 is 0 Å². The van der Waals surface area contributed by atoms with Crippen LogP contribution >= 0.6 is 0 Å². The van der Waals surface area contributed by atoms with E-state index in [9.17, 15) is 4.79 Å². The van der Waals surface area contributed by atoms with Crippen molar-refractivity contribution in [2.45, 2.75) is 46.7 Å². The zero-order chi connectivity index (χ0) is 15.9. The van der Waals surface area contributed by atoms with Crippen molar-refractivity contribution < 1.29 is 4.79 Å². The molecular weight excluding hydrogens is 274 g/mol. The molecule has 0 atom stereocenters. The predicted molar refractivity (Wildman–Crippen MR) is 87.0 cm³/mol. The van der Waals surface area contributed by atoms with Crippen LogP contribution in [0.15, 0.2) is 24.5 Å². The summed E-state index contributed by atoms with van der Waals surface area (Å²) in [6.07, 6.45) is 2.74. The van der Waals surface area contributed by atoms with Crippen molar-refractivity contribution in [1.29, 1.82) is 0 Å². The van der Waals surface area contributed by atoms with Crippen molar-refractivity contribution in [3.05, 3.63) is 52.6 Å². The number of hydrogen-bond acceptors (Lipinski definition) is 2. The fourth-order valence-corrected chi connectivity index (χ4v) is 2.98. The number of amides is 1. The lowest BCUT2D eigenvalue weighted by atomic mass is 10.0. The van der Waals surface area contributed by atoms with E-state index in [1.54, 1.807) is 0 Å². The van der Waals surface area contributed by atoms with Gasteiger partial charge in [-0.05, 0) is 51.0 Å². The van der Waals surface area contributed by atoms with Gasteiger partial charge in [-0.1, -0.05) is 6.07 Å². The van der Waals surface area contributed by atoms with E-state index < -0.39 is 0 Å². The lowest BCUT2D eigenvalue weighted by Gasteiger charge is -2.28. The van der Waals surface area contributed by atoms with Crippen LogP contribution in [0.2, 0.25) is 0 Å². The number of nitrogens with zero attached hydrogens (tertiary/aromatic N) is 3. The second-order valence-electron chi connectivity index (χ2n) is 6.41. The summed E-state index contributed by atoms with van der Waals surface area (Å²) in [5.41, 5.74) is 5.48. The van der Waals surface area contributed by atoms with E-state index in [-0.39, 0.29) is 5.91 Å². The predicted octanol–water partition coefficient (Wildman–Crippen LogP) is 3.28. The molecule has 3 rings (SSSR count). The average Bonchev–Trinajstić information content (AvgIpc) is 2.92. The Morgan fingerprint density at radius 2 is 2.00 bits per heavy atom. The van der Waals surface area contributed by atoms with Gasteiger partial charge in [-0.3, -0.25) is 4.79 Å². The zero-order valence-corrected chi connectivity index (χ0v) is 13.8. The molecule has 0 fully saturated rings. The van der Waals surface area contributed by atoms with Crippen LogP contribution in [0.4, 0.5) is 0 Å². The fourth-order valence-electron chi connectivity index (χ4n) is 2.98. The van der Waals surface area contributed by atoms with Crippen LogP contribution in [0.1, 0.15) is 52.8 Å². The largest absolute Gasteiger partial charge is 0.332 e. The molecule has 0 bridgehead atoms. The van der Waals surface area contributed by atoms with Crippen LogP contribution in [-0.4, -0.2) is 26.9 Å². The molecule has 0 N–H and O–H groups in total. The smallest absolute Gasteiger partial charge is 0.254 e. The molecule has 22 heavy (non-hydrogen) atoms. The van der Waals surface area contributed by atoms with Crippen LogP contribution < -0.4 is 0 Å². The number of hydrogen-bond donors (Lipinski definition) is 0. The molecule has 2 aromatic rings. The maximum atomic E-state index is 12.8. The van der Waals surface area contributed by atoms with Crippen molar-refractivity contribution in [1.82, 2.24) is 14.5 Å². The van der Waals surface area contributed by atoms with Gasteiger partial charge in [0.2, 0.25) is 0 Å². The van der Waals surface area contributed by atoms with E-state index in [0.29, 0.717) is 12.6 Å². The van der Waals surface area contributed by atoms with Gasteiger partial charge in [0.05, 0.1) is 24.3 Å². The van der Waals surface area contributed by atoms with Crippen molar-refractivity contribution in [2.75, 3.05) is 6.54 Å². The monoisotopic (exact) mass is 297 g/mol. The van der Waals surface area contributed by atoms with E-state index in [1.807, 2.05) is 36.4 Å². The zero-order valence-electron chi connectivity index (χ0n) is 13.8. The highest BCUT2D eigenvalue weighted by Gasteiger charge is 2.25. The van der Waals surface area contributed by atoms with Gasteiger partial charge < -0.3 is 9.47 Å². The Morgan fingerprint density at radius 3 is 2.68 bits per heavy atom. The highest BCUT2D eigenvalue weighted by atomic mass is 16.2. The minimum atomic E-state index is 0.116. The standard InChI is InChI=1S/C18H23N3O/c1-12(2)21-11-19-16-7-8-20(10-17(16)21)18(22)15-6-5-13(3)14(4)9-15/h5-6,9,11-12H,7-8,10H2,1-4H3. The number of aromatic nitrogens is 2. The summed E-state index contributed by atoms with van der Waals surface area (Å²) in [6, 6.07) is 6.32. The van der Waals surface area contributed by atoms with Gasteiger partial charge in [-0.2, -0.15) is 0 Å². The minimum absolute atomic E-state index is 0.116. The third-order valence-corrected chi connectivity index (χ3v) is 4.54. The number of benzene rings is 1. The molecule has 1 amide bonds. The van der Waals surface area contributed by atoms with Gasteiger partial charge >= 0.3 is 0 Å². The van der Waals surface area contributed by atoms with Crippen LogP contribution in [0.5, 0.6) is 0 Å². The number of carbonyl (C=O) groups excluding carboxylic acids is 1. The molecule has 4 nitrogen and oxygen atoms in total. The quantitative estimate of drug-likeness (QED) is 0.853. The molecule has 0 radical (unpaired) electrons. The number of rotatable bonds is 2. The fraction of sp³-hybridized carbons (Fsp3) is 0.444. The van der Waals surface area contributed by atoms with Gasteiger partial charge in [-0.25, -0.2) is 4.98 Å². The first-order valence-electron chi connectivity index (χ1n) is 7.88. The first-order chi connectivity index (χ1) is 10.5. The molecule has 116 valence electrons. The SMILES string of the molecule is Cc1ccc(C(=O)N2CCc3ncn(C(C)C)c3C2)cc1C. The normalized spacial score (nSPS) is 14.3. The van der Waals surface area contributed by atoms with Crippen molar-refractivity contribution in [3.8, 4) is 0 Å². The van der Waals surface area contributed by atoms with Crippen LogP contribution in [0.25, 0.3) is 0 Å². The second kappa shape index (κ2) is 5.59. The Balaban J connectivity index is 1.85. The van der Waals surface area contributed by atoms with E-state index in [0.717, 1.165) is 29.8 Å². The second-order valence-corrected chi connectivity index (χ2v) is 6.41. The van der Waals surface area contributed by atoms with Gasteiger partial charge in [0.15, 0.2) is 0 Å². The van der Waals surface area contributed by atoms with Crippen molar-refractivity contribution in [2.24, 2.45) is 0 Å². The molecule has 0 unspecified atom stereocenters. The molecule has 1 aromatic heterocycles. The first kappa shape index (κ1) is 14.8. The van der Waals surface area contributed by atoms with E-state index in [4.69, 9.17) is 0 Å². The van der Waals surface area contributed by atoms with Gasteiger partial charge in [0.1, 0.15) is 0 Å². The Labute approximate surface area is 131 Å². The van der Waals surface area contributed by atoms with Gasteiger partial charge in [0, 0.05) is 24.6 Å². The molecule has 0 saturated carbocycles. The Bertz CT molecular complexity index is 715. The van der Waals surface area contributed by atoms with Gasteiger partial charge in [0.25, 0.3) is 5.91 Å². The highest BCUT2D eigenvalue weighted by molar-refractivity contribution is 5.94. The van der Waals surface area contributed by atoms with Gasteiger partial charge in [-0.15, -0.1) is 0 Å². The van der Waals surface area contributed by atoms with Crippen LogP contribution in [0, 0.1) is 13.8 Å². The molecular formula is C18H23N3O. The number of carbonyl (C=O) groups is 1. The van der Waals surface area contributed by atoms with Crippen LogP contribution in [0.3, 0.4) is 0 Å². The molecule has 4 heteroatoms. The third kappa shape index (κ3) is 2.54. The molecule has 0 aliphatic carbocycles. The van der Waals surface area contributed by atoms with E-state index in [1.165, 1.54) is 11.3 Å². The molecule has 1 aliphatic rings. The highest BCUT2D eigenvalue weighted by Crippen LogP contribution is 2.23. The Hall–Kier alpha value is -2.10. The Kier molecular flexibility index (Phi) is 3.77. The maximum absolute atomic E-state index is 12.8. The summed E-state index contributed by atoms with van der Waals surface area (Å²) in [6.45, 7) is 9.80. The summed E-state index contributed by atoms with van der Waals surface area (Å²) in [4.78, 5) is 19.2. The molecule has 1 aliphatic heterocycles. The first-order valence-corrected chi connectivity index (χ1v) is 7.88.